The van der Waals surface area contributed by atoms with Crippen LogP contribution in [0.25, 0.3) is 0 Å². The summed E-state index contributed by atoms with van der Waals surface area (Å²) >= 11 is 1.62. The van der Waals surface area contributed by atoms with Gasteiger partial charge in [0.2, 0.25) is 5.91 Å². The fourth-order valence-electron chi connectivity index (χ4n) is 3.22. The Kier molecular flexibility index (Phi) is 5.33. The summed E-state index contributed by atoms with van der Waals surface area (Å²) in [6.45, 7) is 6.89. The second-order valence-electron chi connectivity index (χ2n) is 6.54. The second-order valence-corrected chi connectivity index (χ2v) is 7.53. The molecule has 0 unspecified atom stereocenters. The van der Waals surface area contributed by atoms with Crippen LogP contribution in [-0.4, -0.2) is 28.3 Å². The van der Waals surface area contributed by atoms with Crippen LogP contribution in [0.15, 0.2) is 27.3 Å². The molecule has 24 heavy (non-hydrogen) atoms. The van der Waals surface area contributed by atoms with Crippen molar-refractivity contribution in [2.75, 3.05) is 12.3 Å². The number of piperidine rings is 1. The lowest BCUT2D eigenvalue weighted by molar-refractivity contribution is -0.133. The highest BCUT2D eigenvalue weighted by atomic mass is 32.2. The van der Waals surface area contributed by atoms with Gasteiger partial charge in [0.05, 0.1) is 23.8 Å². The maximum Gasteiger partial charge on any atom is 0.233 e. The standard InChI is InChI=1S/C18H24N2O3S/c1-12-6-7-20(16(9-12)17-5-4-8-22-17)18(21)11-24-10-15-13(2)19-23-14(15)3/h4-5,8,12,16H,6-7,9-11H2,1-3H3/t12-,16+/m0/s1. The molecule has 1 amide bonds. The number of carbonyl (C=O) groups excluding carboxylic acids is 1. The van der Waals surface area contributed by atoms with Crippen molar-refractivity contribution in [3.8, 4) is 0 Å². The molecule has 0 N–H and O–H groups in total. The minimum absolute atomic E-state index is 0.0657. The third-order valence-electron chi connectivity index (χ3n) is 4.71. The Morgan fingerprint density at radius 3 is 2.96 bits per heavy atom. The van der Waals surface area contributed by atoms with Crippen molar-refractivity contribution in [1.82, 2.24) is 10.1 Å². The lowest BCUT2D eigenvalue weighted by atomic mass is 9.91. The molecular weight excluding hydrogens is 324 g/mol. The van der Waals surface area contributed by atoms with E-state index in [1.54, 1.807) is 18.0 Å². The van der Waals surface area contributed by atoms with Crippen molar-refractivity contribution in [3.63, 3.8) is 0 Å². The Hall–Kier alpha value is -1.69. The summed E-state index contributed by atoms with van der Waals surface area (Å²) in [4.78, 5) is 14.7. The van der Waals surface area contributed by atoms with Crippen LogP contribution in [0.5, 0.6) is 0 Å². The molecule has 1 aliphatic rings. The maximum absolute atomic E-state index is 12.7. The summed E-state index contributed by atoms with van der Waals surface area (Å²) in [6.07, 6.45) is 3.70. The Morgan fingerprint density at radius 1 is 1.46 bits per heavy atom. The van der Waals surface area contributed by atoms with Crippen LogP contribution in [0.4, 0.5) is 0 Å². The molecule has 3 rings (SSSR count). The van der Waals surface area contributed by atoms with Gasteiger partial charge in [-0.3, -0.25) is 4.79 Å². The van der Waals surface area contributed by atoms with Gasteiger partial charge in [-0.15, -0.1) is 11.8 Å². The van der Waals surface area contributed by atoms with E-state index in [-0.39, 0.29) is 11.9 Å². The number of hydrogen-bond donors (Lipinski definition) is 0. The van der Waals surface area contributed by atoms with Gasteiger partial charge in [0.15, 0.2) is 0 Å². The molecule has 0 radical (unpaired) electrons. The third kappa shape index (κ3) is 3.69. The van der Waals surface area contributed by atoms with Crippen LogP contribution in [0.1, 0.15) is 48.6 Å². The van der Waals surface area contributed by atoms with E-state index in [0.29, 0.717) is 11.7 Å². The largest absolute Gasteiger partial charge is 0.467 e. The molecule has 1 fully saturated rings. The molecule has 2 atom stereocenters. The SMILES string of the molecule is Cc1noc(C)c1CSCC(=O)N1CC[C@H](C)C[C@@H]1c1ccco1. The van der Waals surface area contributed by atoms with E-state index < -0.39 is 0 Å². The van der Waals surface area contributed by atoms with Crippen molar-refractivity contribution < 1.29 is 13.7 Å². The Balaban J connectivity index is 1.60. The van der Waals surface area contributed by atoms with Crippen LogP contribution in [0.3, 0.4) is 0 Å². The Bertz CT molecular complexity index is 661. The van der Waals surface area contributed by atoms with E-state index >= 15 is 0 Å². The molecule has 1 aliphatic heterocycles. The van der Waals surface area contributed by atoms with Gasteiger partial charge in [-0.1, -0.05) is 12.1 Å². The van der Waals surface area contributed by atoms with Crippen LogP contribution in [-0.2, 0) is 10.5 Å². The van der Waals surface area contributed by atoms with Crippen molar-refractivity contribution in [2.24, 2.45) is 5.92 Å². The molecule has 0 aliphatic carbocycles. The van der Waals surface area contributed by atoms with Gasteiger partial charge in [0.25, 0.3) is 0 Å². The highest BCUT2D eigenvalue weighted by Gasteiger charge is 2.32. The van der Waals surface area contributed by atoms with Gasteiger partial charge in [-0.05, 0) is 44.7 Å². The van der Waals surface area contributed by atoms with Gasteiger partial charge >= 0.3 is 0 Å². The second kappa shape index (κ2) is 7.47. The van der Waals surface area contributed by atoms with Crippen LogP contribution >= 0.6 is 11.8 Å². The van der Waals surface area contributed by atoms with E-state index in [9.17, 15) is 4.79 Å². The van der Waals surface area contributed by atoms with E-state index in [0.717, 1.165) is 47.9 Å². The molecule has 2 aromatic heterocycles. The van der Waals surface area contributed by atoms with Crippen molar-refractivity contribution >= 4 is 17.7 Å². The van der Waals surface area contributed by atoms with Crippen molar-refractivity contribution in [2.45, 2.75) is 45.4 Å². The predicted molar refractivity (Wildman–Crippen MR) is 93.7 cm³/mol. The first-order chi connectivity index (χ1) is 11.6. The number of furan rings is 1. The normalized spacial score (nSPS) is 21.2. The van der Waals surface area contributed by atoms with E-state index in [4.69, 9.17) is 8.94 Å². The minimum Gasteiger partial charge on any atom is -0.467 e. The first-order valence-electron chi connectivity index (χ1n) is 8.38. The van der Waals surface area contributed by atoms with Crippen molar-refractivity contribution in [3.05, 3.63) is 41.2 Å². The highest BCUT2D eigenvalue weighted by Crippen LogP contribution is 2.34. The summed E-state index contributed by atoms with van der Waals surface area (Å²) in [5.41, 5.74) is 2.01. The average molecular weight is 348 g/mol. The summed E-state index contributed by atoms with van der Waals surface area (Å²) in [7, 11) is 0. The zero-order valence-electron chi connectivity index (χ0n) is 14.4. The number of amides is 1. The molecule has 0 spiro atoms. The van der Waals surface area contributed by atoms with Gasteiger partial charge in [-0.25, -0.2) is 0 Å². The quantitative estimate of drug-likeness (QED) is 0.813. The zero-order valence-corrected chi connectivity index (χ0v) is 15.3. The molecule has 3 heterocycles. The van der Waals surface area contributed by atoms with E-state index in [1.807, 2.05) is 30.9 Å². The molecule has 5 nitrogen and oxygen atoms in total. The molecule has 130 valence electrons. The number of aryl methyl sites for hydroxylation is 2. The topological polar surface area (TPSA) is 59.5 Å². The Labute approximate surface area is 146 Å². The fourth-order valence-corrected chi connectivity index (χ4v) is 4.28. The molecule has 1 saturated heterocycles. The number of rotatable bonds is 5. The monoisotopic (exact) mass is 348 g/mol. The number of likely N-dealkylation sites (tertiary alicyclic amines) is 1. The van der Waals surface area contributed by atoms with Gasteiger partial charge in [-0.2, -0.15) is 0 Å². The number of hydrogen-bond acceptors (Lipinski definition) is 5. The van der Waals surface area contributed by atoms with Gasteiger partial charge in [0, 0.05) is 17.9 Å². The van der Waals surface area contributed by atoms with Gasteiger partial charge < -0.3 is 13.8 Å². The van der Waals surface area contributed by atoms with Crippen LogP contribution < -0.4 is 0 Å². The molecule has 6 heteroatoms. The number of aromatic nitrogens is 1. The molecule has 0 bridgehead atoms. The summed E-state index contributed by atoms with van der Waals surface area (Å²) in [6, 6.07) is 3.93. The van der Waals surface area contributed by atoms with Crippen LogP contribution in [0.2, 0.25) is 0 Å². The number of carbonyl (C=O) groups is 1. The number of nitrogens with zero attached hydrogens (tertiary/aromatic N) is 2. The maximum atomic E-state index is 12.7. The summed E-state index contributed by atoms with van der Waals surface area (Å²) in [5.74, 6) is 3.75. The van der Waals surface area contributed by atoms with Crippen molar-refractivity contribution in [1.29, 1.82) is 0 Å². The molecule has 0 aromatic carbocycles. The average Bonchev–Trinajstić information content (AvgIpc) is 3.19. The lowest BCUT2D eigenvalue weighted by Crippen LogP contribution is -2.41. The molecule has 2 aromatic rings. The predicted octanol–water partition coefficient (Wildman–Crippen LogP) is 4.12. The minimum atomic E-state index is 0.0657. The number of thioether (sulfide) groups is 1. The fraction of sp³-hybridized carbons (Fsp3) is 0.556. The first kappa shape index (κ1) is 17.1. The zero-order chi connectivity index (χ0) is 17.1. The Morgan fingerprint density at radius 2 is 2.29 bits per heavy atom. The molecular formula is C18H24N2O3S. The first-order valence-corrected chi connectivity index (χ1v) is 9.54. The van der Waals surface area contributed by atoms with E-state index in [2.05, 4.69) is 12.1 Å². The van der Waals surface area contributed by atoms with Gasteiger partial charge in [0.1, 0.15) is 11.5 Å². The smallest absolute Gasteiger partial charge is 0.233 e. The highest BCUT2D eigenvalue weighted by molar-refractivity contribution is 7.99. The van der Waals surface area contributed by atoms with E-state index in [1.165, 1.54) is 0 Å². The lowest BCUT2D eigenvalue weighted by Gasteiger charge is -2.37. The summed E-state index contributed by atoms with van der Waals surface area (Å²) < 4.78 is 10.8. The third-order valence-corrected chi connectivity index (χ3v) is 5.65. The summed E-state index contributed by atoms with van der Waals surface area (Å²) in [5, 5.41) is 3.96. The van der Waals surface area contributed by atoms with Crippen LogP contribution in [0, 0.1) is 19.8 Å². The molecule has 0 saturated carbocycles.